The summed E-state index contributed by atoms with van der Waals surface area (Å²) in [6.45, 7) is 2.55. The van der Waals surface area contributed by atoms with E-state index in [0.29, 0.717) is 11.9 Å². The van der Waals surface area contributed by atoms with Gasteiger partial charge in [0.2, 0.25) is 0 Å². The fourth-order valence-corrected chi connectivity index (χ4v) is 4.82. The van der Waals surface area contributed by atoms with Crippen molar-refractivity contribution < 1.29 is 0 Å². The second-order valence-electron chi connectivity index (χ2n) is 5.12. The van der Waals surface area contributed by atoms with Crippen LogP contribution in [0.1, 0.15) is 17.5 Å². The van der Waals surface area contributed by atoms with Crippen LogP contribution in [0.3, 0.4) is 0 Å². The van der Waals surface area contributed by atoms with Gasteiger partial charge in [0.1, 0.15) is 9.84 Å². The van der Waals surface area contributed by atoms with E-state index in [9.17, 15) is 4.79 Å². The maximum Gasteiger partial charge on any atom is 0.262 e. The third-order valence-electron chi connectivity index (χ3n) is 3.57. The summed E-state index contributed by atoms with van der Waals surface area (Å²) in [7, 11) is 0. The first-order valence-electron chi connectivity index (χ1n) is 7.19. The van der Waals surface area contributed by atoms with Crippen LogP contribution >= 0.6 is 34.0 Å². The highest BCUT2D eigenvalue weighted by Gasteiger charge is 2.10. The number of aryl methyl sites for hydroxylation is 1. The van der Waals surface area contributed by atoms with E-state index in [0.717, 1.165) is 27.5 Å². The third kappa shape index (κ3) is 2.75. The highest BCUT2D eigenvalue weighted by atomic mass is 32.1. The van der Waals surface area contributed by atoms with Gasteiger partial charge in [-0.1, -0.05) is 6.92 Å². The van der Waals surface area contributed by atoms with E-state index in [4.69, 9.17) is 0 Å². The summed E-state index contributed by atoms with van der Waals surface area (Å²) in [5.41, 5.74) is 2.04. The Morgan fingerprint density at radius 1 is 1.30 bits per heavy atom. The van der Waals surface area contributed by atoms with Crippen LogP contribution in [0.15, 0.2) is 39.4 Å². The number of thiophene rings is 2. The first-order chi connectivity index (χ1) is 11.2. The number of thiazole rings is 1. The molecule has 0 radical (unpaired) electrons. The van der Waals surface area contributed by atoms with Crippen LogP contribution in [-0.2, 0) is 13.0 Å². The van der Waals surface area contributed by atoms with E-state index in [-0.39, 0.29) is 5.56 Å². The molecule has 0 bridgehead atoms. The number of nitrogens with zero attached hydrogens (tertiary/aromatic N) is 3. The number of hydrogen-bond donors (Lipinski definition) is 0. The molecular weight excluding hydrogens is 346 g/mol. The van der Waals surface area contributed by atoms with Gasteiger partial charge in [-0.25, -0.2) is 9.97 Å². The molecule has 4 rings (SSSR count). The molecule has 0 unspecified atom stereocenters. The zero-order chi connectivity index (χ0) is 15.8. The fraction of sp³-hybridized carbons (Fsp3) is 0.188. The van der Waals surface area contributed by atoms with Crippen molar-refractivity contribution >= 4 is 44.2 Å². The van der Waals surface area contributed by atoms with Crippen molar-refractivity contribution in [1.29, 1.82) is 0 Å². The van der Waals surface area contributed by atoms with Crippen molar-refractivity contribution in [3.8, 4) is 10.6 Å². The average molecular weight is 360 g/mol. The van der Waals surface area contributed by atoms with Crippen LogP contribution in [-0.4, -0.2) is 14.5 Å². The number of hydrogen-bond acceptors (Lipinski definition) is 6. The van der Waals surface area contributed by atoms with Crippen LogP contribution in [0, 0.1) is 0 Å². The Morgan fingerprint density at radius 3 is 3.00 bits per heavy atom. The predicted molar refractivity (Wildman–Crippen MR) is 97.8 cm³/mol. The van der Waals surface area contributed by atoms with E-state index < -0.39 is 0 Å². The summed E-state index contributed by atoms with van der Waals surface area (Å²) in [5.74, 6) is 0. The van der Waals surface area contributed by atoms with Crippen molar-refractivity contribution in [2.45, 2.75) is 19.9 Å². The van der Waals surface area contributed by atoms with Gasteiger partial charge in [0, 0.05) is 21.2 Å². The van der Waals surface area contributed by atoms with Gasteiger partial charge in [-0.3, -0.25) is 9.36 Å². The molecular formula is C16H13N3OS3. The van der Waals surface area contributed by atoms with E-state index in [1.807, 2.05) is 16.8 Å². The molecule has 0 aromatic carbocycles. The molecule has 0 fully saturated rings. The molecule has 7 heteroatoms. The largest absolute Gasteiger partial charge is 0.293 e. The van der Waals surface area contributed by atoms with E-state index in [1.54, 1.807) is 44.9 Å². The Kier molecular flexibility index (Phi) is 3.84. The highest BCUT2D eigenvalue weighted by Crippen LogP contribution is 2.26. The van der Waals surface area contributed by atoms with E-state index >= 15 is 0 Å². The lowest BCUT2D eigenvalue weighted by molar-refractivity contribution is 0.735. The van der Waals surface area contributed by atoms with Crippen LogP contribution in [0.4, 0.5) is 0 Å². The molecule has 0 N–H and O–H groups in total. The lowest BCUT2D eigenvalue weighted by Crippen LogP contribution is -2.20. The Bertz CT molecular complexity index is 1010. The Balaban J connectivity index is 1.67. The molecule has 0 amide bonds. The summed E-state index contributed by atoms with van der Waals surface area (Å²) < 4.78 is 1.64. The molecule has 4 aromatic heterocycles. The highest BCUT2D eigenvalue weighted by molar-refractivity contribution is 7.18. The quantitative estimate of drug-likeness (QED) is 0.547. The van der Waals surface area contributed by atoms with Crippen molar-refractivity contribution in [2.75, 3.05) is 0 Å². The van der Waals surface area contributed by atoms with Crippen LogP contribution < -0.4 is 5.56 Å². The van der Waals surface area contributed by atoms with E-state index in [2.05, 4.69) is 28.3 Å². The monoisotopic (exact) mass is 359 g/mol. The van der Waals surface area contributed by atoms with Gasteiger partial charge in [-0.15, -0.1) is 22.7 Å². The first-order valence-corrected chi connectivity index (χ1v) is 9.83. The molecule has 0 spiro atoms. The second-order valence-corrected chi connectivity index (χ2v) is 7.87. The third-order valence-corrected chi connectivity index (χ3v) is 6.38. The standard InChI is InChI=1S/C16H13N3OS3/c1-2-12-5-13-15(23-12)17-9-19(16(13)20)6-11-8-22-14(18-11)10-3-4-21-7-10/h3-5,7-9H,2,6H2,1H3. The van der Waals surface area contributed by atoms with Crippen molar-refractivity contribution in [3.63, 3.8) is 0 Å². The van der Waals surface area contributed by atoms with Crippen molar-refractivity contribution in [3.05, 3.63) is 55.5 Å². The second kappa shape index (κ2) is 5.99. The van der Waals surface area contributed by atoms with Gasteiger partial charge in [0.15, 0.2) is 0 Å². The molecule has 4 aromatic rings. The summed E-state index contributed by atoms with van der Waals surface area (Å²) in [5, 5.41) is 7.84. The minimum Gasteiger partial charge on any atom is -0.293 e. The van der Waals surface area contributed by atoms with Crippen LogP contribution in [0.5, 0.6) is 0 Å². The Morgan fingerprint density at radius 2 is 2.22 bits per heavy atom. The number of rotatable bonds is 4. The maximum absolute atomic E-state index is 12.6. The molecule has 0 atom stereocenters. The van der Waals surface area contributed by atoms with Crippen molar-refractivity contribution in [1.82, 2.24) is 14.5 Å². The van der Waals surface area contributed by atoms with Gasteiger partial charge in [0.05, 0.1) is 24.0 Å². The fourth-order valence-electron chi connectivity index (χ4n) is 2.37. The number of fused-ring (bicyclic) bond motifs is 1. The summed E-state index contributed by atoms with van der Waals surface area (Å²) in [6, 6.07) is 4.02. The molecule has 116 valence electrons. The Hall–Kier alpha value is -1.83. The van der Waals surface area contributed by atoms with Crippen molar-refractivity contribution in [2.24, 2.45) is 0 Å². The normalized spacial score (nSPS) is 11.3. The van der Waals surface area contributed by atoms with Gasteiger partial charge in [0.25, 0.3) is 5.56 Å². The summed E-state index contributed by atoms with van der Waals surface area (Å²) in [6.07, 6.45) is 2.56. The molecule has 4 nitrogen and oxygen atoms in total. The minimum absolute atomic E-state index is 0.0102. The Labute approximate surface area is 144 Å². The molecule has 0 saturated carbocycles. The summed E-state index contributed by atoms with van der Waals surface area (Å²) >= 11 is 4.86. The smallest absolute Gasteiger partial charge is 0.262 e. The molecule has 4 heterocycles. The van der Waals surface area contributed by atoms with Gasteiger partial charge < -0.3 is 0 Å². The summed E-state index contributed by atoms with van der Waals surface area (Å²) in [4.78, 5) is 23.7. The molecule has 0 aliphatic rings. The lowest BCUT2D eigenvalue weighted by Gasteiger charge is -2.02. The lowest BCUT2D eigenvalue weighted by atomic mass is 10.3. The van der Waals surface area contributed by atoms with Crippen LogP contribution in [0.25, 0.3) is 20.8 Å². The van der Waals surface area contributed by atoms with E-state index in [1.165, 1.54) is 4.88 Å². The average Bonchev–Trinajstić information content (AvgIpc) is 3.29. The van der Waals surface area contributed by atoms with Gasteiger partial charge in [-0.05, 0) is 23.9 Å². The molecule has 0 aliphatic carbocycles. The van der Waals surface area contributed by atoms with Gasteiger partial charge >= 0.3 is 0 Å². The zero-order valence-electron chi connectivity index (χ0n) is 12.4. The molecule has 0 aliphatic heterocycles. The first kappa shape index (κ1) is 14.7. The molecule has 23 heavy (non-hydrogen) atoms. The number of aromatic nitrogens is 3. The molecule has 0 saturated heterocycles. The SMILES string of the molecule is CCc1cc2c(=O)n(Cc3csc(-c4ccsc4)n3)cnc2s1. The zero-order valence-corrected chi connectivity index (χ0v) is 14.8. The van der Waals surface area contributed by atoms with Crippen LogP contribution in [0.2, 0.25) is 0 Å². The predicted octanol–water partition coefficient (Wildman–Crippen LogP) is 4.25. The maximum atomic E-state index is 12.6. The topological polar surface area (TPSA) is 47.8 Å². The minimum atomic E-state index is 0.0102. The van der Waals surface area contributed by atoms with Gasteiger partial charge in [-0.2, -0.15) is 11.3 Å².